The number of benzene rings is 1. The van der Waals surface area contributed by atoms with Crippen molar-refractivity contribution in [1.29, 1.82) is 0 Å². The van der Waals surface area contributed by atoms with E-state index in [0.29, 0.717) is 18.4 Å². The van der Waals surface area contributed by atoms with Gasteiger partial charge in [0.2, 0.25) is 0 Å². The van der Waals surface area contributed by atoms with Crippen molar-refractivity contribution in [2.24, 2.45) is 0 Å². The third kappa shape index (κ3) is 2.23. The average Bonchev–Trinajstić information content (AvgIpc) is 2.34. The van der Waals surface area contributed by atoms with E-state index in [1.807, 2.05) is 12.1 Å². The van der Waals surface area contributed by atoms with Gasteiger partial charge in [0.1, 0.15) is 18.4 Å². The Bertz CT molecular complexity index is 647. The fraction of sp³-hybridized carbons (Fsp3) is 0.400. The van der Waals surface area contributed by atoms with E-state index in [1.165, 1.54) is 0 Å². The molecule has 100 valence electrons. The Kier molecular flexibility index (Phi) is 2.82. The predicted octanol–water partition coefficient (Wildman–Crippen LogP) is 3.96. The summed E-state index contributed by atoms with van der Waals surface area (Å²) in [5.74, 6) is 1.52. The first-order chi connectivity index (χ1) is 8.95. The topological polar surface area (TPSA) is 31.4 Å². The van der Waals surface area contributed by atoms with Crippen LogP contribution in [0.25, 0.3) is 10.9 Å². The predicted molar refractivity (Wildman–Crippen MR) is 76.4 cm³/mol. The van der Waals surface area contributed by atoms with Gasteiger partial charge < -0.3 is 9.47 Å². The standard InChI is InChI=1S/C15H16ClNO2/c1-15(2,3)10-6-9-7-12-13(19-5-4-18-12)8-11(9)17-14(10)16/h6-8H,4-5H2,1-3H3. The lowest BCUT2D eigenvalue weighted by Crippen LogP contribution is -2.15. The van der Waals surface area contributed by atoms with E-state index in [0.717, 1.165) is 28.0 Å². The van der Waals surface area contributed by atoms with Crippen LogP contribution in [-0.4, -0.2) is 18.2 Å². The van der Waals surface area contributed by atoms with E-state index in [1.54, 1.807) is 0 Å². The quantitative estimate of drug-likeness (QED) is 0.683. The molecule has 3 nitrogen and oxygen atoms in total. The minimum Gasteiger partial charge on any atom is -0.486 e. The molecule has 0 aliphatic carbocycles. The molecule has 1 aromatic carbocycles. The number of rotatable bonds is 0. The zero-order valence-corrected chi connectivity index (χ0v) is 12.0. The van der Waals surface area contributed by atoms with Crippen LogP contribution in [0.1, 0.15) is 26.3 Å². The smallest absolute Gasteiger partial charge is 0.163 e. The Morgan fingerprint density at radius 3 is 2.32 bits per heavy atom. The van der Waals surface area contributed by atoms with Crippen LogP contribution in [-0.2, 0) is 5.41 Å². The molecule has 0 unspecified atom stereocenters. The normalized spacial score (nSPS) is 14.7. The molecule has 19 heavy (non-hydrogen) atoms. The zero-order valence-electron chi connectivity index (χ0n) is 11.3. The van der Waals surface area contributed by atoms with Gasteiger partial charge in [-0.25, -0.2) is 4.98 Å². The molecule has 0 saturated heterocycles. The van der Waals surface area contributed by atoms with Crippen molar-refractivity contribution >= 4 is 22.5 Å². The summed E-state index contributed by atoms with van der Waals surface area (Å²) in [7, 11) is 0. The monoisotopic (exact) mass is 277 g/mol. The lowest BCUT2D eigenvalue weighted by atomic mass is 9.87. The molecule has 0 atom stereocenters. The molecule has 2 aromatic rings. The highest BCUT2D eigenvalue weighted by Gasteiger charge is 2.20. The van der Waals surface area contributed by atoms with Gasteiger partial charge in [-0.3, -0.25) is 0 Å². The van der Waals surface area contributed by atoms with Crippen molar-refractivity contribution < 1.29 is 9.47 Å². The van der Waals surface area contributed by atoms with Gasteiger partial charge in [0.05, 0.1) is 5.52 Å². The first-order valence-electron chi connectivity index (χ1n) is 6.35. The molecule has 1 aliphatic heterocycles. The van der Waals surface area contributed by atoms with Gasteiger partial charge in [-0.15, -0.1) is 0 Å². The van der Waals surface area contributed by atoms with Gasteiger partial charge in [0, 0.05) is 11.5 Å². The molecule has 0 spiro atoms. The van der Waals surface area contributed by atoms with Crippen molar-refractivity contribution in [3.05, 3.63) is 28.9 Å². The van der Waals surface area contributed by atoms with Crippen LogP contribution in [0.3, 0.4) is 0 Å². The third-order valence-electron chi connectivity index (χ3n) is 3.24. The molecule has 4 heteroatoms. The number of hydrogen-bond donors (Lipinski definition) is 0. The molecular weight excluding hydrogens is 262 g/mol. The van der Waals surface area contributed by atoms with Gasteiger partial charge >= 0.3 is 0 Å². The average molecular weight is 278 g/mol. The molecule has 0 radical (unpaired) electrons. The first kappa shape index (κ1) is 12.5. The zero-order chi connectivity index (χ0) is 13.6. The summed E-state index contributed by atoms with van der Waals surface area (Å²) in [5, 5.41) is 1.58. The minimum atomic E-state index is -0.0362. The van der Waals surface area contributed by atoms with Crippen molar-refractivity contribution in [3.63, 3.8) is 0 Å². The highest BCUT2D eigenvalue weighted by Crippen LogP contribution is 2.37. The second-order valence-electron chi connectivity index (χ2n) is 5.77. The fourth-order valence-electron chi connectivity index (χ4n) is 2.21. The molecule has 3 rings (SSSR count). The van der Waals surface area contributed by atoms with Gasteiger partial charge in [-0.2, -0.15) is 0 Å². The highest BCUT2D eigenvalue weighted by molar-refractivity contribution is 6.30. The Morgan fingerprint density at radius 2 is 1.68 bits per heavy atom. The maximum absolute atomic E-state index is 6.29. The number of pyridine rings is 1. The maximum Gasteiger partial charge on any atom is 0.163 e. The molecule has 0 saturated carbocycles. The molecular formula is C15H16ClNO2. The Hall–Kier alpha value is -1.48. The number of nitrogens with zero attached hydrogens (tertiary/aromatic N) is 1. The molecule has 2 heterocycles. The molecule has 0 amide bonds. The Labute approximate surface area is 117 Å². The van der Waals surface area contributed by atoms with Crippen LogP contribution in [0.4, 0.5) is 0 Å². The molecule has 0 bridgehead atoms. The summed E-state index contributed by atoms with van der Waals surface area (Å²) in [4.78, 5) is 4.48. The van der Waals surface area contributed by atoms with Crippen LogP contribution in [0.2, 0.25) is 5.15 Å². The van der Waals surface area contributed by atoms with E-state index in [-0.39, 0.29) is 5.41 Å². The summed E-state index contributed by atoms with van der Waals surface area (Å²) in [5.41, 5.74) is 1.84. The van der Waals surface area contributed by atoms with Gasteiger partial charge in [0.25, 0.3) is 0 Å². The summed E-state index contributed by atoms with van der Waals surface area (Å²) >= 11 is 6.29. The number of halogens is 1. The van der Waals surface area contributed by atoms with Gasteiger partial charge in [-0.05, 0) is 23.1 Å². The Balaban J connectivity index is 2.23. The van der Waals surface area contributed by atoms with Crippen molar-refractivity contribution in [2.75, 3.05) is 13.2 Å². The molecule has 1 aliphatic rings. The summed E-state index contributed by atoms with van der Waals surface area (Å²) in [6, 6.07) is 5.95. The van der Waals surface area contributed by atoms with Crippen molar-refractivity contribution in [1.82, 2.24) is 4.98 Å². The SMILES string of the molecule is CC(C)(C)c1cc2cc3c(cc2nc1Cl)OCCO3. The third-order valence-corrected chi connectivity index (χ3v) is 3.53. The van der Waals surface area contributed by atoms with Gasteiger partial charge in [0.15, 0.2) is 11.5 Å². The second-order valence-corrected chi connectivity index (χ2v) is 6.12. The Morgan fingerprint density at radius 1 is 1.05 bits per heavy atom. The summed E-state index contributed by atoms with van der Waals surface area (Å²) in [6.45, 7) is 7.54. The van der Waals surface area contributed by atoms with E-state index in [4.69, 9.17) is 21.1 Å². The maximum atomic E-state index is 6.29. The van der Waals surface area contributed by atoms with E-state index in [9.17, 15) is 0 Å². The van der Waals surface area contributed by atoms with Crippen LogP contribution >= 0.6 is 11.6 Å². The second kappa shape index (κ2) is 4.27. The van der Waals surface area contributed by atoms with Gasteiger partial charge in [-0.1, -0.05) is 32.4 Å². The van der Waals surface area contributed by atoms with Crippen molar-refractivity contribution in [2.45, 2.75) is 26.2 Å². The van der Waals surface area contributed by atoms with E-state index >= 15 is 0 Å². The van der Waals surface area contributed by atoms with Crippen molar-refractivity contribution in [3.8, 4) is 11.5 Å². The van der Waals surface area contributed by atoms with Crippen LogP contribution < -0.4 is 9.47 Å². The number of hydrogen-bond acceptors (Lipinski definition) is 3. The summed E-state index contributed by atoms with van der Waals surface area (Å²) in [6.07, 6.45) is 0. The van der Waals surface area contributed by atoms with Crippen LogP contribution in [0, 0.1) is 0 Å². The summed E-state index contributed by atoms with van der Waals surface area (Å²) < 4.78 is 11.2. The number of aromatic nitrogens is 1. The van der Waals surface area contributed by atoms with Crippen LogP contribution in [0.5, 0.6) is 11.5 Å². The lowest BCUT2D eigenvalue weighted by molar-refractivity contribution is 0.172. The molecule has 0 N–H and O–H groups in total. The molecule has 0 fully saturated rings. The minimum absolute atomic E-state index is 0.0362. The number of ether oxygens (including phenoxy) is 2. The lowest BCUT2D eigenvalue weighted by Gasteiger charge is -2.22. The molecule has 1 aromatic heterocycles. The number of fused-ring (bicyclic) bond motifs is 2. The highest BCUT2D eigenvalue weighted by atomic mass is 35.5. The van der Waals surface area contributed by atoms with E-state index in [2.05, 4.69) is 31.8 Å². The van der Waals surface area contributed by atoms with E-state index < -0.39 is 0 Å². The largest absolute Gasteiger partial charge is 0.486 e. The van der Waals surface area contributed by atoms with Crippen LogP contribution in [0.15, 0.2) is 18.2 Å². The fourth-order valence-corrected chi connectivity index (χ4v) is 2.64. The first-order valence-corrected chi connectivity index (χ1v) is 6.73.